The quantitative estimate of drug-likeness (QED) is 0.897. The van der Waals surface area contributed by atoms with Gasteiger partial charge in [-0.3, -0.25) is 0 Å². The molecule has 0 unspecified atom stereocenters. The van der Waals surface area contributed by atoms with Crippen molar-refractivity contribution >= 4 is 0 Å². The SMILES string of the molecule is NCCc1ccc(Cc2ccc3c(c2)CCCC3)cc1. The molecular weight excluding hydrogens is 242 g/mol. The number of aryl methyl sites for hydroxylation is 2. The fourth-order valence-corrected chi connectivity index (χ4v) is 3.12. The van der Waals surface area contributed by atoms with Crippen LogP contribution in [0.3, 0.4) is 0 Å². The van der Waals surface area contributed by atoms with Gasteiger partial charge in [-0.05, 0) is 72.9 Å². The third kappa shape index (κ3) is 3.10. The summed E-state index contributed by atoms with van der Waals surface area (Å²) in [7, 11) is 0. The van der Waals surface area contributed by atoms with E-state index in [4.69, 9.17) is 5.73 Å². The maximum atomic E-state index is 5.59. The summed E-state index contributed by atoms with van der Waals surface area (Å²) >= 11 is 0. The molecule has 20 heavy (non-hydrogen) atoms. The second-order valence-corrected chi connectivity index (χ2v) is 5.84. The Bertz CT molecular complexity index is 569. The van der Waals surface area contributed by atoms with E-state index in [-0.39, 0.29) is 0 Å². The zero-order valence-corrected chi connectivity index (χ0v) is 12.1. The Morgan fingerprint density at radius 1 is 0.750 bits per heavy atom. The highest BCUT2D eigenvalue weighted by Gasteiger charge is 2.09. The molecule has 0 bridgehead atoms. The van der Waals surface area contributed by atoms with Crippen molar-refractivity contribution < 1.29 is 0 Å². The van der Waals surface area contributed by atoms with Crippen molar-refractivity contribution in [1.29, 1.82) is 0 Å². The molecule has 0 fully saturated rings. The van der Waals surface area contributed by atoms with Gasteiger partial charge in [0, 0.05) is 0 Å². The van der Waals surface area contributed by atoms with E-state index in [1.54, 1.807) is 11.1 Å². The van der Waals surface area contributed by atoms with Crippen LogP contribution in [0, 0.1) is 0 Å². The lowest BCUT2D eigenvalue weighted by atomic mass is 9.89. The largest absolute Gasteiger partial charge is 0.330 e. The molecule has 0 radical (unpaired) electrons. The minimum absolute atomic E-state index is 0.726. The molecule has 1 nitrogen and oxygen atoms in total. The molecule has 0 saturated carbocycles. The Morgan fingerprint density at radius 3 is 2.15 bits per heavy atom. The summed E-state index contributed by atoms with van der Waals surface area (Å²) in [6, 6.07) is 16.0. The molecule has 3 rings (SSSR count). The Morgan fingerprint density at radius 2 is 1.40 bits per heavy atom. The molecule has 2 aromatic rings. The first-order valence-corrected chi connectivity index (χ1v) is 7.74. The summed E-state index contributed by atoms with van der Waals surface area (Å²) < 4.78 is 0. The maximum Gasteiger partial charge on any atom is -0.00257 e. The van der Waals surface area contributed by atoms with Crippen molar-refractivity contribution in [3.8, 4) is 0 Å². The third-order valence-electron chi connectivity index (χ3n) is 4.28. The highest BCUT2D eigenvalue weighted by Crippen LogP contribution is 2.23. The van der Waals surface area contributed by atoms with Crippen LogP contribution < -0.4 is 5.73 Å². The van der Waals surface area contributed by atoms with E-state index in [2.05, 4.69) is 42.5 Å². The fraction of sp³-hybridized carbons (Fsp3) is 0.368. The van der Waals surface area contributed by atoms with Gasteiger partial charge in [-0.15, -0.1) is 0 Å². The normalized spacial score (nSPS) is 14.1. The summed E-state index contributed by atoms with van der Waals surface area (Å²) in [5.41, 5.74) is 12.9. The highest BCUT2D eigenvalue weighted by atomic mass is 14.5. The molecule has 1 heteroatoms. The van der Waals surface area contributed by atoms with Crippen LogP contribution in [0.1, 0.15) is 40.7 Å². The number of fused-ring (bicyclic) bond motifs is 1. The van der Waals surface area contributed by atoms with E-state index in [0.717, 1.165) is 19.4 Å². The molecule has 0 amide bonds. The van der Waals surface area contributed by atoms with Gasteiger partial charge in [-0.1, -0.05) is 42.5 Å². The van der Waals surface area contributed by atoms with Gasteiger partial charge >= 0.3 is 0 Å². The second-order valence-electron chi connectivity index (χ2n) is 5.84. The van der Waals surface area contributed by atoms with Crippen LogP contribution in [0.25, 0.3) is 0 Å². The summed E-state index contributed by atoms with van der Waals surface area (Å²) in [5, 5.41) is 0. The molecule has 0 aliphatic heterocycles. The van der Waals surface area contributed by atoms with Crippen molar-refractivity contribution in [2.24, 2.45) is 5.73 Å². The molecule has 0 atom stereocenters. The highest BCUT2D eigenvalue weighted by molar-refractivity contribution is 5.36. The maximum absolute atomic E-state index is 5.59. The van der Waals surface area contributed by atoms with Crippen molar-refractivity contribution in [3.63, 3.8) is 0 Å². The van der Waals surface area contributed by atoms with Gasteiger partial charge in [0.2, 0.25) is 0 Å². The summed E-state index contributed by atoms with van der Waals surface area (Å²) in [6.07, 6.45) is 7.25. The van der Waals surface area contributed by atoms with E-state index >= 15 is 0 Å². The fourth-order valence-electron chi connectivity index (χ4n) is 3.12. The lowest BCUT2D eigenvalue weighted by Crippen LogP contribution is -2.04. The third-order valence-corrected chi connectivity index (χ3v) is 4.28. The van der Waals surface area contributed by atoms with E-state index in [1.165, 1.54) is 42.4 Å². The van der Waals surface area contributed by atoms with Crippen LogP contribution in [0.2, 0.25) is 0 Å². The Kier molecular flexibility index (Phi) is 4.17. The predicted molar refractivity (Wildman–Crippen MR) is 85.1 cm³/mol. The Balaban J connectivity index is 1.73. The lowest BCUT2D eigenvalue weighted by molar-refractivity contribution is 0.684. The van der Waals surface area contributed by atoms with E-state index < -0.39 is 0 Å². The van der Waals surface area contributed by atoms with Crippen molar-refractivity contribution in [3.05, 3.63) is 70.3 Å². The number of benzene rings is 2. The Labute approximate surface area is 121 Å². The standard InChI is InChI=1S/C19H23N/c20-12-11-15-5-7-16(8-6-15)13-17-9-10-18-3-1-2-4-19(18)14-17/h5-10,14H,1-4,11-13,20H2. The average Bonchev–Trinajstić information content (AvgIpc) is 2.49. The van der Waals surface area contributed by atoms with Crippen LogP contribution in [0.4, 0.5) is 0 Å². The van der Waals surface area contributed by atoms with Crippen LogP contribution in [0.5, 0.6) is 0 Å². The first-order chi connectivity index (χ1) is 9.85. The van der Waals surface area contributed by atoms with Gasteiger partial charge < -0.3 is 5.73 Å². The molecule has 0 saturated heterocycles. The summed E-state index contributed by atoms with van der Waals surface area (Å²) in [6.45, 7) is 0.726. The molecule has 2 N–H and O–H groups in total. The molecule has 2 aromatic carbocycles. The number of hydrogen-bond acceptors (Lipinski definition) is 1. The van der Waals surface area contributed by atoms with Gasteiger partial charge in [0.1, 0.15) is 0 Å². The number of hydrogen-bond donors (Lipinski definition) is 1. The molecule has 0 spiro atoms. The minimum Gasteiger partial charge on any atom is -0.330 e. The zero-order valence-electron chi connectivity index (χ0n) is 12.1. The van der Waals surface area contributed by atoms with E-state index in [9.17, 15) is 0 Å². The Hall–Kier alpha value is -1.60. The van der Waals surface area contributed by atoms with E-state index in [1.807, 2.05) is 0 Å². The predicted octanol–water partition coefficient (Wildman–Crippen LogP) is 3.66. The first kappa shape index (κ1) is 13.4. The molecule has 104 valence electrons. The van der Waals surface area contributed by atoms with Gasteiger partial charge in [0.15, 0.2) is 0 Å². The molecule has 1 aliphatic carbocycles. The second kappa shape index (κ2) is 6.23. The average molecular weight is 265 g/mol. The zero-order chi connectivity index (χ0) is 13.8. The monoisotopic (exact) mass is 265 g/mol. The van der Waals surface area contributed by atoms with Crippen molar-refractivity contribution in [2.45, 2.75) is 38.5 Å². The number of nitrogens with two attached hydrogens (primary N) is 1. The smallest absolute Gasteiger partial charge is 0.00257 e. The lowest BCUT2D eigenvalue weighted by Gasteiger charge is -2.16. The van der Waals surface area contributed by atoms with Gasteiger partial charge in [-0.25, -0.2) is 0 Å². The topological polar surface area (TPSA) is 26.0 Å². The first-order valence-electron chi connectivity index (χ1n) is 7.74. The summed E-state index contributed by atoms with van der Waals surface area (Å²) in [5.74, 6) is 0. The van der Waals surface area contributed by atoms with Crippen LogP contribution in [0.15, 0.2) is 42.5 Å². The van der Waals surface area contributed by atoms with Crippen molar-refractivity contribution in [1.82, 2.24) is 0 Å². The van der Waals surface area contributed by atoms with E-state index in [0.29, 0.717) is 0 Å². The summed E-state index contributed by atoms with van der Waals surface area (Å²) in [4.78, 5) is 0. The van der Waals surface area contributed by atoms with Crippen LogP contribution in [-0.2, 0) is 25.7 Å². The van der Waals surface area contributed by atoms with Gasteiger partial charge in [-0.2, -0.15) is 0 Å². The molecular formula is C19H23N. The minimum atomic E-state index is 0.726. The molecule has 0 heterocycles. The van der Waals surface area contributed by atoms with Gasteiger partial charge in [0.25, 0.3) is 0 Å². The number of rotatable bonds is 4. The van der Waals surface area contributed by atoms with Crippen molar-refractivity contribution in [2.75, 3.05) is 6.54 Å². The van der Waals surface area contributed by atoms with Crippen LogP contribution in [-0.4, -0.2) is 6.54 Å². The molecule has 0 aromatic heterocycles. The molecule has 1 aliphatic rings. The van der Waals surface area contributed by atoms with Crippen LogP contribution >= 0.6 is 0 Å². The van der Waals surface area contributed by atoms with Gasteiger partial charge in [0.05, 0.1) is 0 Å².